The van der Waals surface area contributed by atoms with Crippen LogP contribution in [0.1, 0.15) is 34.1 Å². The van der Waals surface area contributed by atoms with Gasteiger partial charge in [0, 0.05) is 12.2 Å². The molecule has 2 amide bonds. The second kappa shape index (κ2) is 7.89. The third kappa shape index (κ3) is 3.96. The van der Waals surface area contributed by atoms with Crippen LogP contribution < -0.4 is 10.6 Å². The fourth-order valence-corrected chi connectivity index (χ4v) is 2.26. The van der Waals surface area contributed by atoms with Crippen molar-refractivity contribution in [2.24, 2.45) is 0 Å². The fraction of sp³-hybridized carbons (Fsp3) is 0.714. The first-order chi connectivity index (χ1) is 9.57. The van der Waals surface area contributed by atoms with Gasteiger partial charge in [0.2, 0.25) is 0 Å². The molecule has 1 heterocycles. The molecule has 0 aliphatic carbocycles. The van der Waals surface area contributed by atoms with Gasteiger partial charge in [-0.25, -0.2) is 9.59 Å². The van der Waals surface area contributed by atoms with Gasteiger partial charge >= 0.3 is 12.0 Å². The van der Waals surface area contributed by atoms with E-state index in [1.54, 1.807) is 6.92 Å². The molecule has 114 valence electrons. The fourth-order valence-electron chi connectivity index (χ4n) is 2.26. The number of nitrogens with zero attached hydrogens (tertiary/aromatic N) is 1. The summed E-state index contributed by atoms with van der Waals surface area (Å²) >= 11 is 0. The number of likely N-dealkylation sites (N-methyl/N-ethyl adjacent to an activating group) is 1. The second-order valence-corrected chi connectivity index (χ2v) is 4.63. The van der Waals surface area contributed by atoms with Gasteiger partial charge in [-0.3, -0.25) is 4.90 Å². The van der Waals surface area contributed by atoms with Gasteiger partial charge in [0.05, 0.1) is 18.2 Å². The van der Waals surface area contributed by atoms with Crippen LogP contribution in [0.2, 0.25) is 0 Å². The lowest BCUT2D eigenvalue weighted by Crippen LogP contribution is -2.52. The SMILES string of the molecule is CCOC(=O)C1=C(CN(CC)CC)NC(=O)N[C@@H]1CC. The van der Waals surface area contributed by atoms with Crippen molar-refractivity contribution in [3.63, 3.8) is 0 Å². The van der Waals surface area contributed by atoms with Gasteiger partial charge in [0.15, 0.2) is 0 Å². The lowest BCUT2D eigenvalue weighted by Gasteiger charge is -2.30. The average molecular weight is 283 g/mol. The lowest BCUT2D eigenvalue weighted by atomic mass is 10.00. The molecule has 2 N–H and O–H groups in total. The van der Waals surface area contributed by atoms with E-state index in [2.05, 4.69) is 15.5 Å². The Balaban J connectivity index is 3.09. The number of carbonyl (C=O) groups excluding carboxylic acids is 2. The van der Waals surface area contributed by atoms with E-state index >= 15 is 0 Å². The number of carbonyl (C=O) groups is 2. The largest absolute Gasteiger partial charge is 0.463 e. The molecule has 1 atom stereocenters. The summed E-state index contributed by atoms with van der Waals surface area (Å²) in [4.78, 5) is 26.0. The Kier molecular flexibility index (Phi) is 6.51. The van der Waals surface area contributed by atoms with Crippen LogP contribution in [0.15, 0.2) is 11.3 Å². The molecular formula is C14H25N3O3. The summed E-state index contributed by atoms with van der Waals surface area (Å²) in [5.41, 5.74) is 1.20. The van der Waals surface area contributed by atoms with E-state index in [1.807, 2.05) is 20.8 Å². The first-order valence-corrected chi connectivity index (χ1v) is 7.27. The predicted molar refractivity (Wildman–Crippen MR) is 77.2 cm³/mol. The Morgan fingerprint density at radius 1 is 1.25 bits per heavy atom. The highest BCUT2D eigenvalue weighted by atomic mass is 16.5. The molecule has 0 saturated heterocycles. The highest BCUT2D eigenvalue weighted by Crippen LogP contribution is 2.17. The summed E-state index contributed by atoms with van der Waals surface area (Å²) in [6, 6.07) is -0.541. The Hall–Kier alpha value is -1.56. The molecule has 0 fully saturated rings. The van der Waals surface area contributed by atoms with Gasteiger partial charge in [-0.1, -0.05) is 20.8 Å². The van der Waals surface area contributed by atoms with E-state index in [1.165, 1.54) is 0 Å². The Bertz CT molecular complexity index is 389. The third-order valence-corrected chi connectivity index (χ3v) is 3.42. The first kappa shape index (κ1) is 16.5. The number of nitrogens with one attached hydrogen (secondary N) is 2. The number of hydrogen-bond donors (Lipinski definition) is 2. The van der Waals surface area contributed by atoms with Crippen molar-refractivity contribution in [1.29, 1.82) is 0 Å². The van der Waals surface area contributed by atoms with E-state index in [4.69, 9.17) is 4.74 Å². The molecule has 0 spiro atoms. The molecule has 0 unspecified atom stereocenters. The predicted octanol–water partition coefficient (Wildman–Crippen LogP) is 1.24. The highest BCUT2D eigenvalue weighted by Gasteiger charge is 2.31. The molecule has 1 aliphatic rings. The monoisotopic (exact) mass is 283 g/mol. The summed E-state index contributed by atoms with van der Waals surface area (Å²) in [7, 11) is 0. The van der Waals surface area contributed by atoms with E-state index < -0.39 is 0 Å². The number of hydrogen-bond acceptors (Lipinski definition) is 4. The Labute approximate surface area is 120 Å². The first-order valence-electron chi connectivity index (χ1n) is 7.27. The van der Waals surface area contributed by atoms with Crippen molar-refractivity contribution in [3.8, 4) is 0 Å². The summed E-state index contributed by atoms with van der Waals surface area (Å²) in [6.45, 7) is 10.4. The topological polar surface area (TPSA) is 70.7 Å². The van der Waals surface area contributed by atoms with Crippen LogP contribution >= 0.6 is 0 Å². The summed E-state index contributed by atoms with van der Waals surface area (Å²) in [5.74, 6) is -0.353. The van der Waals surface area contributed by atoms with Crippen molar-refractivity contribution in [3.05, 3.63) is 11.3 Å². The lowest BCUT2D eigenvalue weighted by molar-refractivity contribution is -0.139. The van der Waals surface area contributed by atoms with Gasteiger partial charge in [-0.15, -0.1) is 0 Å². The van der Waals surface area contributed by atoms with Crippen molar-refractivity contribution in [2.45, 2.75) is 40.2 Å². The van der Waals surface area contributed by atoms with E-state index in [0.717, 1.165) is 13.1 Å². The third-order valence-electron chi connectivity index (χ3n) is 3.42. The Morgan fingerprint density at radius 3 is 2.40 bits per heavy atom. The van der Waals surface area contributed by atoms with Crippen LogP contribution in [0.5, 0.6) is 0 Å². The van der Waals surface area contributed by atoms with Gasteiger partial charge < -0.3 is 15.4 Å². The normalized spacial score (nSPS) is 18.9. The number of amides is 2. The zero-order valence-corrected chi connectivity index (χ0v) is 12.8. The van der Waals surface area contributed by atoms with Gasteiger partial charge in [0.1, 0.15) is 0 Å². The molecule has 1 rings (SSSR count). The van der Waals surface area contributed by atoms with Crippen LogP contribution in [0.4, 0.5) is 4.79 Å². The van der Waals surface area contributed by atoms with Crippen molar-refractivity contribution in [2.75, 3.05) is 26.2 Å². The van der Waals surface area contributed by atoms with Gasteiger partial charge in [-0.05, 0) is 26.4 Å². The van der Waals surface area contributed by atoms with Crippen LogP contribution in [0, 0.1) is 0 Å². The number of esters is 1. The summed E-state index contributed by atoms with van der Waals surface area (Å²) in [6.07, 6.45) is 0.656. The maximum Gasteiger partial charge on any atom is 0.337 e. The second-order valence-electron chi connectivity index (χ2n) is 4.63. The van der Waals surface area contributed by atoms with Crippen LogP contribution in [0.25, 0.3) is 0 Å². The van der Waals surface area contributed by atoms with Crippen LogP contribution in [-0.4, -0.2) is 49.2 Å². The maximum atomic E-state index is 12.2. The molecule has 0 aromatic heterocycles. The molecule has 0 aromatic carbocycles. The summed E-state index contributed by atoms with van der Waals surface area (Å²) in [5, 5.41) is 5.52. The minimum Gasteiger partial charge on any atom is -0.463 e. The van der Waals surface area contributed by atoms with Gasteiger partial charge in [0.25, 0.3) is 0 Å². The molecule has 20 heavy (non-hydrogen) atoms. The number of ether oxygens (including phenoxy) is 1. The van der Waals surface area contributed by atoms with Crippen molar-refractivity contribution < 1.29 is 14.3 Å². The molecule has 6 heteroatoms. The molecule has 0 saturated carbocycles. The maximum absolute atomic E-state index is 12.2. The highest BCUT2D eigenvalue weighted by molar-refractivity contribution is 5.94. The Morgan fingerprint density at radius 2 is 1.90 bits per heavy atom. The van der Waals surface area contributed by atoms with Crippen LogP contribution in [0.3, 0.4) is 0 Å². The number of urea groups is 1. The summed E-state index contributed by atoms with van der Waals surface area (Å²) < 4.78 is 5.12. The van der Waals surface area contributed by atoms with Crippen molar-refractivity contribution in [1.82, 2.24) is 15.5 Å². The molecule has 1 aliphatic heterocycles. The quantitative estimate of drug-likeness (QED) is 0.690. The van der Waals surface area contributed by atoms with Gasteiger partial charge in [-0.2, -0.15) is 0 Å². The smallest absolute Gasteiger partial charge is 0.337 e. The number of rotatable bonds is 7. The van der Waals surface area contributed by atoms with E-state index in [-0.39, 0.29) is 18.0 Å². The van der Waals surface area contributed by atoms with Crippen molar-refractivity contribution >= 4 is 12.0 Å². The molecule has 0 aromatic rings. The van der Waals surface area contributed by atoms with Crippen LogP contribution in [-0.2, 0) is 9.53 Å². The molecule has 0 radical (unpaired) electrons. The zero-order chi connectivity index (χ0) is 15.1. The minimum atomic E-state index is -0.353. The average Bonchev–Trinajstić information content (AvgIpc) is 2.43. The standard InChI is InChI=1S/C14H25N3O3/c1-5-10-12(13(18)20-8-4)11(16-14(19)15-10)9-17(6-2)7-3/h10H,5-9H2,1-4H3,(H2,15,16,19)/t10-/m1/s1. The van der Waals surface area contributed by atoms with E-state index in [0.29, 0.717) is 30.8 Å². The molecular weight excluding hydrogens is 258 g/mol. The minimum absolute atomic E-state index is 0.257. The van der Waals surface area contributed by atoms with E-state index in [9.17, 15) is 9.59 Å². The molecule has 0 bridgehead atoms. The zero-order valence-electron chi connectivity index (χ0n) is 12.8. The molecule has 6 nitrogen and oxygen atoms in total.